The van der Waals surface area contributed by atoms with Crippen LogP contribution in [0.3, 0.4) is 0 Å². The van der Waals surface area contributed by atoms with Crippen molar-refractivity contribution in [2.45, 2.75) is 18.9 Å². The predicted octanol–water partition coefficient (Wildman–Crippen LogP) is 2.00. The van der Waals surface area contributed by atoms with E-state index in [1.165, 1.54) is 18.3 Å². The Bertz CT molecular complexity index is 280. The number of hydrogen-bond acceptors (Lipinski definition) is 3. The first-order chi connectivity index (χ1) is 5.55. The molecule has 1 aromatic heterocycles. The van der Waals surface area contributed by atoms with Crippen LogP contribution in [0.15, 0.2) is 15.9 Å². The molecule has 0 saturated heterocycles. The maximum absolute atomic E-state index is 10.4. The Hall–Kier alpha value is -0.190. The van der Waals surface area contributed by atoms with Gasteiger partial charge >= 0.3 is 0 Å². The van der Waals surface area contributed by atoms with Gasteiger partial charge in [-0.3, -0.25) is 0 Å². The van der Waals surface area contributed by atoms with E-state index >= 15 is 0 Å². The summed E-state index contributed by atoms with van der Waals surface area (Å²) in [5.41, 5.74) is -1.24. The molecule has 1 rings (SSSR count). The summed E-state index contributed by atoms with van der Waals surface area (Å²) in [7, 11) is 0. The number of carbonyl (C=O) groups is 1. The van der Waals surface area contributed by atoms with Crippen LogP contribution in [0, 0.1) is 0 Å². The topological polar surface area (TPSA) is 37.3 Å². The third-order valence-corrected chi connectivity index (χ3v) is 3.39. The molecule has 0 aromatic carbocycles. The van der Waals surface area contributed by atoms with Crippen molar-refractivity contribution < 1.29 is 9.90 Å². The van der Waals surface area contributed by atoms with E-state index in [9.17, 15) is 9.90 Å². The minimum Gasteiger partial charge on any atom is -0.382 e. The quantitative estimate of drug-likeness (QED) is 0.832. The smallest absolute Gasteiger partial charge is 0.151 e. The predicted molar refractivity (Wildman–Crippen MR) is 52.4 cm³/mol. The Labute approximate surface area is 83.4 Å². The lowest BCUT2D eigenvalue weighted by Crippen LogP contribution is -2.28. The van der Waals surface area contributed by atoms with Crippen LogP contribution < -0.4 is 0 Å². The molecule has 0 fully saturated rings. The maximum atomic E-state index is 10.4. The third-order valence-electron chi connectivity index (χ3n) is 1.46. The van der Waals surface area contributed by atoms with Gasteiger partial charge in [0.25, 0.3) is 0 Å². The zero-order valence-corrected chi connectivity index (χ0v) is 8.98. The van der Waals surface area contributed by atoms with E-state index in [-0.39, 0.29) is 0 Å². The molecule has 0 radical (unpaired) electrons. The highest BCUT2D eigenvalue weighted by molar-refractivity contribution is 9.10. The van der Waals surface area contributed by atoms with Crippen molar-refractivity contribution in [2.24, 2.45) is 0 Å². The van der Waals surface area contributed by atoms with Gasteiger partial charge < -0.3 is 9.90 Å². The lowest BCUT2D eigenvalue weighted by atomic mass is 10.0. The van der Waals surface area contributed by atoms with Gasteiger partial charge in [0.05, 0.1) is 0 Å². The van der Waals surface area contributed by atoms with Crippen LogP contribution >= 0.6 is 27.3 Å². The first-order valence-corrected chi connectivity index (χ1v) is 5.13. The molecule has 4 heteroatoms. The first-order valence-electron chi connectivity index (χ1n) is 3.46. The number of hydrogen-bond donors (Lipinski definition) is 1. The van der Waals surface area contributed by atoms with E-state index in [2.05, 4.69) is 15.9 Å². The molecule has 0 amide bonds. The first kappa shape index (κ1) is 9.89. The molecule has 0 aliphatic rings. The molecule has 12 heavy (non-hydrogen) atoms. The Balaban J connectivity index is 2.76. The van der Waals surface area contributed by atoms with Gasteiger partial charge in [-0.15, -0.1) is 11.3 Å². The molecule has 0 aliphatic carbocycles. The monoisotopic (exact) mass is 248 g/mol. The molecular weight excluding hydrogens is 240 g/mol. The molecule has 2 nitrogen and oxygen atoms in total. The highest BCUT2D eigenvalue weighted by Gasteiger charge is 2.21. The van der Waals surface area contributed by atoms with Crippen LogP contribution in [0.4, 0.5) is 0 Å². The number of rotatable bonds is 3. The van der Waals surface area contributed by atoms with Gasteiger partial charge in [0.15, 0.2) is 6.29 Å². The third kappa shape index (κ3) is 2.40. The van der Waals surface area contributed by atoms with E-state index in [0.29, 0.717) is 12.7 Å². The summed E-state index contributed by atoms with van der Waals surface area (Å²) < 4.78 is 0.953. The summed E-state index contributed by atoms with van der Waals surface area (Å²) in [4.78, 5) is 11.4. The van der Waals surface area contributed by atoms with E-state index in [1.54, 1.807) is 0 Å². The zero-order valence-electron chi connectivity index (χ0n) is 6.58. The maximum Gasteiger partial charge on any atom is 0.151 e. The summed E-state index contributed by atoms with van der Waals surface area (Å²) >= 11 is 4.86. The van der Waals surface area contributed by atoms with Gasteiger partial charge in [0.2, 0.25) is 0 Å². The van der Waals surface area contributed by atoms with Crippen molar-refractivity contribution in [3.63, 3.8) is 0 Å². The summed E-state index contributed by atoms with van der Waals surface area (Å²) in [6.45, 7) is 1.51. The number of aldehydes is 1. The number of thiophene rings is 1. The SMILES string of the molecule is CC(O)(C=O)Cc1sccc1Br. The van der Waals surface area contributed by atoms with Gasteiger partial charge in [-0.1, -0.05) is 0 Å². The van der Waals surface area contributed by atoms with E-state index < -0.39 is 5.60 Å². The van der Waals surface area contributed by atoms with Crippen LogP contribution in [0.5, 0.6) is 0 Å². The average molecular weight is 249 g/mol. The molecule has 0 bridgehead atoms. The summed E-state index contributed by atoms with van der Waals surface area (Å²) in [6, 6.07) is 1.90. The van der Waals surface area contributed by atoms with Crippen LogP contribution in [-0.4, -0.2) is 17.0 Å². The Morgan fingerprint density at radius 1 is 1.83 bits per heavy atom. The minimum absolute atomic E-state index is 0.370. The molecule has 0 saturated carbocycles. The van der Waals surface area contributed by atoms with E-state index in [4.69, 9.17) is 0 Å². The van der Waals surface area contributed by atoms with Gasteiger partial charge in [0, 0.05) is 15.8 Å². The van der Waals surface area contributed by atoms with Gasteiger partial charge in [-0.05, 0) is 34.3 Å². The number of halogens is 1. The fraction of sp³-hybridized carbons (Fsp3) is 0.375. The molecule has 66 valence electrons. The van der Waals surface area contributed by atoms with Crippen LogP contribution in [0.1, 0.15) is 11.8 Å². The second-order valence-electron chi connectivity index (χ2n) is 2.84. The normalized spacial score (nSPS) is 15.6. The zero-order chi connectivity index (χ0) is 9.19. The highest BCUT2D eigenvalue weighted by Crippen LogP contribution is 2.26. The number of aliphatic hydroxyl groups is 1. The van der Waals surface area contributed by atoms with Crippen molar-refractivity contribution in [3.8, 4) is 0 Å². The second-order valence-corrected chi connectivity index (χ2v) is 4.70. The van der Waals surface area contributed by atoms with Crippen molar-refractivity contribution in [2.75, 3.05) is 0 Å². The molecule has 0 spiro atoms. The lowest BCUT2D eigenvalue weighted by Gasteiger charge is -2.13. The van der Waals surface area contributed by atoms with Crippen LogP contribution in [0.2, 0.25) is 0 Å². The summed E-state index contributed by atoms with van der Waals surface area (Å²) in [5, 5.41) is 11.4. The lowest BCUT2D eigenvalue weighted by molar-refractivity contribution is -0.122. The van der Waals surface area contributed by atoms with Crippen molar-refractivity contribution in [1.82, 2.24) is 0 Å². The van der Waals surface area contributed by atoms with E-state index in [0.717, 1.165) is 9.35 Å². The molecular formula is C8H9BrO2S. The van der Waals surface area contributed by atoms with Crippen molar-refractivity contribution in [1.29, 1.82) is 0 Å². The average Bonchev–Trinajstić information content (AvgIpc) is 2.36. The molecule has 1 aromatic rings. The van der Waals surface area contributed by atoms with Crippen molar-refractivity contribution >= 4 is 33.6 Å². The number of carbonyl (C=O) groups excluding carboxylic acids is 1. The van der Waals surface area contributed by atoms with Gasteiger partial charge in [-0.25, -0.2) is 0 Å². The van der Waals surface area contributed by atoms with Gasteiger partial charge in [-0.2, -0.15) is 0 Å². The fourth-order valence-electron chi connectivity index (χ4n) is 0.818. The largest absolute Gasteiger partial charge is 0.382 e. The molecule has 1 atom stereocenters. The summed E-state index contributed by atoms with van der Waals surface area (Å²) in [6.07, 6.45) is 0.938. The van der Waals surface area contributed by atoms with Gasteiger partial charge in [0.1, 0.15) is 5.60 Å². The van der Waals surface area contributed by atoms with Crippen LogP contribution in [0.25, 0.3) is 0 Å². The minimum atomic E-state index is -1.24. The Morgan fingerprint density at radius 3 is 2.92 bits per heavy atom. The second kappa shape index (κ2) is 3.68. The molecule has 1 unspecified atom stereocenters. The molecule has 1 heterocycles. The standard InChI is InChI=1S/C8H9BrO2S/c1-8(11,5-10)4-7-6(9)2-3-12-7/h2-3,5,11H,4H2,1H3. The Morgan fingerprint density at radius 2 is 2.50 bits per heavy atom. The molecule has 1 N–H and O–H groups in total. The fourth-order valence-corrected chi connectivity index (χ4v) is 2.47. The molecule has 0 aliphatic heterocycles. The highest BCUT2D eigenvalue weighted by atomic mass is 79.9. The summed E-state index contributed by atoms with van der Waals surface area (Å²) in [5.74, 6) is 0. The van der Waals surface area contributed by atoms with E-state index in [1.807, 2.05) is 11.4 Å². The Kier molecular flexibility index (Phi) is 3.04. The van der Waals surface area contributed by atoms with Crippen molar-refractivity contribution in [3.05, 3.63) is 20.8 Å². The van der Waals surface area contributed by atoms with Crippen LogP contribution in [-0.2, 0) is 11.2 Å².